The van der Waals surface area contributed by atoms with Crippen LogP contribution in [0.2, 0.25) is 10.0 Å². The van der Waals surface area contributed by atoms with Gasteiger partial charge in [0.25, 0.3) is 0 Å². The number of aromatic amines is 1. The molecule has 0 fully saturated rings. The number of aromatic nitrogens is 4. The van der Waals surface area contributed by atoms with Gasteiger partial charge in [-0.25, -0.2) is 9.67 Å². The van der Waals surface area contributed by atoms with Gasteiger partial charge in [-0.3, -0.25) is 4.79 Å². The zero-order chi connectivity index (χ0) is 17.4. The van der Waals surface area contributed by atoms with E-state index in [1.165, 1.54) is 0 Å². The van der Waals surface area contributed by atoms with E-state index in [2.05, 4.69) is 15.1 Å². The second kappa shape index (κ2) is 6.42. The summed E-state index contributed by atoms with van der Waals surface area (Å²) in [6.45, 7) is 5.69. The lowest BCUT2D eigenvalue weighted by atomic mass is 10.1. The number of hydrogen-bond acceptors (Lipinski definition) is 3. The average molecular weight is 363 g/mol. The minimum Gasteiger partial charge on any atom is -0.362 e. The summed E-state index contributed by atoms with van der Waals surface area (Å²) in [4.78, 5) is 20.2. The maximum Gasteiger partial charge on any atom is 0.186 e. The van der Waals surface area contributed by atoms with Crippen LogP contribution in [0.4, 0.5) is 0 Å². The van der Waals surface area contributed by atoms with E-state index < -0.39 is 0 Å². The minimum absolute atomic E-state index is 0.0249. The summed E-state index contributed by atoms with van der Waals surface area (Å²) < 4.78 is 1.60. The Morgan fingerprint density at radius 1 is 1.17 bits per heavy atom. The molecule has 0 saturated carbocycles. The standard InChI is InChI=1S/C17H16Cl2N4O/c1-9-6-13(10(2)20-9)16(24)8-23-17(21-11(3)22-23)12-4-5-14(18)15(19)7-12/h4-7,20H,8H2,1-3H3. The van der Waals surface area contributed by atoms with Crippen molar-refractivity contribution < 1.29 is 4.79 Å². The van der Waals surface area contributed by atoms with E-state index in [1.807, 2.05) is 26.0 Å². The molecule has 124 valence electrons. The first kappa shape index (κ1) is 16.7. The van der Waals surface area contributed by atoms with Gasteiger partial charge in [0, 0.05) is 22.5 Å². The molecule has 1 N–H and O–H groups in total. The van der Waals surface area contributed by atoms with Crippen molar-refractivity contribution in [2.24, 2.45) is 0 Å². The lowest BCUT2D eigenvalue weighted by Crippen LogP contribution is -2.13. The smallest absolute Gasteiger partial charge is 0.186 e. The number of carbonyl (C=O) groups is 1. The van der Waals surface area contributed by atoms with E-state index in [4.69, 9.17) is 23.2 Å². The van der Waals surface area contributed by atoms with Crippen molar-refractivity contribution in [1.82, 2.24) is 19.7 Å². The molecule has 3 aromatic rings. The fourth-order valence-corrected chi connectivity index (χ4v) is 2.95. The van der Waals surface area contributed by atoms with Crippen LogP contribution in [-0.4, -0.2) is 25.5 Å². The predicted molar refractivity (Wildman–Crippen MR) is 94.8 cm³/mol. The Morgan fingerprint density at radius 2 is 1.92 bits per heavy atom. The van der Waals surface area contributed by atoms with Gasteiger partial charge in [0.15, 0.2) is 11.6 Å². The molecule has 2 aromatic heterocycles. The molecule has 2 heterocycles. The zero-order valence-electron chi connectivity index (χ0n) is 13.5. The third-order valence-electron chi connectivity index (χ3n) is 3.70. The quantitative estimate of drug-likeness (QED) is 0.700. The summed E-state index contributed by atoms with van der Waals surface area (Å²) in [6, 6.07) is 7.08. The Morgan fingerprint density at radius 3 is 2.54 bits per heavy atom. The number of Topliss-reactive ketones (excluding diaryl/α,β-unsaturated/α-hetero) is 1. The number of halogens is 2. The van der Waals surface area contributed by atoms with Crippen LogP contribution in [0.15, 0.2) is 24.3 Å². The van der Waals surface area contributed by atoms with Crippen LogP contribution >= 0.6 is 23.2 Å². The van der Waals surface area contributed by atoms with Gasteiger partial charge >= 0.3 is 0 Å². The third kappa shape index (κ3) is 3.23. The van der Waals surface area contributed by atoms with Gasteiger partial charge in [0.2, 0.25) is 0 Å². The predicted octanol–water partition coefficient (Wildman–Crippen LogP) is 4.39. The SMILES string of the molecule is Cc1nc(-c2ccc(Cl)c(Cl)c2)n(CC(=O)c2cc(C)[nH]c2C)n1. The number of hydrogen-bond donors (Lipinski definition) is 1. The molecule has 0 amide bonds. The highest BCUT2D eigenvalue weighted by molar-refractivity contribution is 6.42. The van der Waals surface area contributed by atoms with E-state index >= 15 is 0 Å². The Balaban J connectivity index is 1.96. The van der Waals surface area contributed by atoms with Gasteiger partial charge in [-0.05, 0) is 45.0 Å². The van der Waals surface area contributed by atoms with Gasteiger partial charge in [0.1, 0.15) is 12.4 Å². The van der Waals surface area contributed by atoms with Gasteiger partial charge < -0.3 is 4.98 Å². The van der Waals surface area contributed by atoms with Gasteiger partial charge in [-0.15, -0.1) is 0 Å². The van der Waals surface area contributed by atoms with E-state index in [0.29, 0.717) is 27.3 Å². The molecule has 0 aliphatic carbocycles. The van der Waals surface area contributed by atoms with E-state index in [1.54, 1.807) is 23.7 Å². The number of benzene rings is 1. The molecule has 24 heavy (non-hydrogen) atoms. The summed E-state index contributed by atoms with van der Waals surface area (Å²) >= 11 is 12.1. The summed E-state index contributed by atoms with van der Waals surface area (Å²) in [5.41, 5.74) is 3.24. The van der Waals surface area contributed by atoms with E-state index in [9.17, 15) is 4.79 Å². The Bertz CT molecular complexity index is 927. The number of rotatable bonds is 4. The largest absolute Gasteiger partial charge is 0.362 e. The molecule has 5 nitrogen and oxygen atoms in total. The Kier molecular flexibility index (Phi) is 4.47. The Hall–Kier alpha value is -2.11. The number of H-pyrrole nitrogens is 1. The lowest BCUT2D eigenvalue weighted by Gasteiger charge is -2.06. The minimum atomic E-state index is -0.0249. The molecular formula is C17H16Cl2N4O. The first-order chi connectivity index (χ1) is 11.3. The van der Waals surface area contributed by atoms with Crippen LogP contribution < -0.4 is 0 Å². The second-order valence-electron chi connectivity index (χ2n) is 5.68. The maximum absolute atomic E-state index is 12.6. The highest BCUT2D eigenvalue weighted by atomic mass is 35.5. The van der Waals surface area contributed by atoms with Crippen LogP contribution in [0.25, 0.3) is 11.4 Å². The summed E-state index contributed by atoms with van der Waals surface area (Å²) in [5.74, 6) is 1.15. The molecule has 1 aromatic carbocycles. The second-order valence-corrected chi connectivity index (χ2v) is 6.50. The van der Waals surface area contributed by atoms with Gasteiger partial charge in [-0.1, -0.05) is 23.2 Å². The zero-order valence-corrected chi connectivity index (χ0v) is 15.0. The molecule has 3 rings (SSSR count). The highest BCUT2D eigenvalue weighted by Crippen LogP contribution is 2.28. The number of nitrogens with one attached hydrogen (secondary N) is 1. The van der Waals surface area contributed by atoms with E-state index in [0.717, 1.165) is 17.0 Å². The number of ketones is 1. The molecule has 0 atom stereocenters. The van der Waals surface area contributed by atoms with Crippen molar-refractivity contribution in [3.05, 3.63) is 57.1 Å². The van der Waals surface area contributed by atoms with Gasteiger partial charge in [-0.2, -0.15) is 5.10 Å². The molecule has 0 radical (unpaired) electrons. The molecule has 7 heteroatoms. The van der Waals surface area contributed by atoms with Crippen molar-refractivity contribution in [2.75, 3.05) is 0 Å². The summed E-state index contributed by atoms with van der Waals surface area (Å²) in [5, 5.41) is 5.24. The molecule has 0 aliphatic rings. The molecule has 0 aliphatic heterocycles. The molecule has 0 bridgehead atoms. The number of carbonyl (C=O) groups excluding carboxylic acids is 1. The first-order valence-electron chi connectivity index (χ1n) is 7.41. The number of nitrogens with zero attached hydrogens (tertiary/aromatic N) is 3. The highest BCUT2D eigenvalue weighted by Gasteiger charge is 2.17. The molecular weight excluding hydrogens is 347 g/mol. The number of aryl methyl sites for hydroxylation is 3. The van der Waals surface area contributed by atoms with E-state index in [-0.39, 0.29) is 12.3 Å². The topological polar surface area (TPSA) is 63.6 Å². The van der Waals surface area contributed by atoms with Crippen molar-refractivity contribution >= 4 is 29.0 Å². The summed E-state index contributed by atoms with van der Waals surface area (Å²) in [6.07, 6.45) is 0. The normalized spacial score (nSPS) is 11.0. The fourth-order valence-electron chi connectivity index (χ4n) is 2.65. The van der Waals surface area contributed by atoms with Crippen LogP contribution in [0.1, 0.15) is 27.6 Å². The van der Waals surface area contributed by atoms with Crippen LogP contribution in [0, 0.1) is 20.8 Å². The third-order valence-corrected chi connectivity index (χ3v) is 4.44. The molecule has 0 saturated heterocycles. The average Bonchev–Trinajstić information content (AvgIpc) is 3.04. The van der Waals surface area contributed by atoms with Crippen molar-refractivity contribution in [1.29, 1.82) is 0 Å². The van der Waals surface area contributed by atoms with Crippen molar-refractivity contribution in [2.45, 2.75) is 27.3 Å². The summed E-state index contributed by atoms with van der Waals surface area (Å²) in [7, 11) is 0. The van der Waals surface area contributed by atoms with Crippen molar-refractivity contribution in [3.8, 4) is 11.4 Å². The van der Waals surface area contributed by atoms with Crippen molar-refractivity contribution in [3.63, 3.8) is 0 Å². The molecule has 0 spiro atoms. The molecule has 0 unspecified atom stereocenters. The first-order valence-corrected chi connectivity index (χ1v) is 8.17. The van der Waals surface area contributed by atoms with Crippen LogP contribution in [-0.2, 0) is 6.54 Å². The lowest BCUT2D eigenvalue weighted by molar-refractivity contribution is 0.0967. The van der Waals surface area contributed by atoms with Crippen LogP contribution in [0.3, 0.4) is 0 Å². The monoisotopic (exact) mass is 362 g/mol. The fraction of sp³-hybridized carbons (Fsp3) is 0.235. The maximum atomic E-state index is 12.6. The van der Waals surface area contributed by atoms with Crippen LogP contribution in [0.5, 0.6) is 0 Å². The van der Waals surface area contributed by atoms with Gasteiger partial charge in [0.05, 0.1) is 10.0 Å². The Labute approximate surface area is 149 Å².